The molecule has 1 aliphatic rings. The van der Waals surface area contributed by atoms with E-state index in [4.69, 9.17) is 11.6 Å². The molecule has 21 heavy (non-hydrogen) atoms. The van der Waals surface area contributed by atoms with E-state index in [1.54, 1.807) is 6.07 Å². The van der Waals surface area contributed by atoms with Gasteiger partial charge in [-0.25, -0.2) is 12.8 Å². The van der Waals surface area contributed by atoms with Gasteiger partial charge in [0.2, 0.25) is 0 Å². The lowest BCUT2D eigenvalue weighted by atomic mass is 9.74. The molecule has 1 aliphatic heterocycles. The second-order valence-corrected chi connectivity index (χ2v) is 9.40. The first-order valence-electron chi connectivity index (χ1n) is 6.58. The average molecular weight is 463 g/mol. The van der Waals surface area contributed by atoms with Gasteiger partial charge in [0.25, 0.3) is 0 Å². The van der Waals surface area contributed by atoms with Gasteiger partial charge in [0.15, 0.2) is 9.84 Å². The summed E-state index contributed by atoms with van der Waals surface area (Å²) in [6.45, 7) is 0. The lowest BCUT2D eigenvalue weighted by Crippen LogP contribution is -2.37. The first kappa shape index (κ1) is 17.7. The van der Waals surface area contributed by atoms with E-state index in [1.165, 1.54) is 12.1 Å². The molecule has 1 fully saturated rings. The molecule has 0 N–H and O–H groups in total. The van der Waals surface area contributed by atoms with Crippen molar-refractivity contribution in [1.82, 2.24) is 0 Å². The Bertz CT molecular complexity index is 617. The summed E-state index contributed by atoms with van der Waals surface area (Å²) in [4.78, 5) is 0. The van der Waals surface area contributed by atoms with Crippen LogP contribution in [0.2, 0.25) is 5.02 Å². The Morgan fingerprint density at radius 1 is 1.33 bits per heavy atom. The van der Waals surface area contributed by atoms with Gasteiger partial charge >= 0.3 is 0 Å². The summed E-state index contributed by atoms with van der Waals surface area (Å²) in [5.41, 5.74) is 0.603. The third kappa shape index (κ3) is 4.01. The Hall–Kier alpha value is 0.350. The first-order chi connectivity index (χ1) is 9.82. The van der Waals surface area contributed by atoms with Gasteiger partial charge in [0.1, 0.15) is 5.82 Å². The zero-order valence-electron chi connectivity index (χ0n) is 11.3. The van der Waals surface area contributed by atoms with E-state index < -0.39 is 9.84 Å². The van der Waals surface area contributed by atoms with Gasteiger partial charge in [-0.15, -0.1) is 0 Å². The lowest BCUT2D eigenvalue weighted by Gasteiger charge is -2.36. The molecule has 0 spiro atoms. The van der Waals surface area contributed by atoms with Crippen LogP contribution in [0.5, 0.6) is 0 Å². The zero-order chi connectivity index (χ0) is 15.7. The monoisotopic (exact) mass is 460 g/mol. The smallest absolute Gasteiger partial charge is 0.150 e. The normalized spacial score (nSPS) is 21.6. The number of hydrogen-bond donors (Lipinski definition) is 0. The SMILES string of the molecule is O=S1(=O)CCC(C(CBr)(CBr)Cc2ccc(F)cc2Cl)C1. The van der Waals surface area contributed by atoms with Crippen molar-refractivity contribution in [3.63, 3.8) is 0 Å². The highest BCUT2D eigenvalue weighted by atomic mass is 79.9. The minimum absolute atomic E-state index is 0.0716. The summed E-state index contributed by atoms with van der Waals surface area (Å²) in [7, 11) is -2.94. The minimum Gasteiger partial charge on any atom is -0.229 e. The quantitative estimate of drug-likeness (QED) is 0.614. The molecule has 1 atom stereocenters. The van der Waals surface area contributed by atoms with Gasteiger partial charge in [-0.1, -0.05) is 49.5 Å². The average Bonchev–Trinajstić information content (AvgIpc) is 2.79. The number of halogens is 4. The van der Waals surface area contributed by atoms with Crippen LogP contribution in [0.1, 0.15) is 12.0 Å². The van der Waals surface area contributed by atoms with Crippen LogP contribution in [0.3, 0.4) is 0 Å². The van der Waals surface area contributed by atoms with Crippen molar-refractivity contribution in [1.29, 1.82) is 0 Å². The van der Waals surface area contributed by atoms with Crippen molar-refractivity contribution >= 4 is 53.3 Å². The molecule has 2 nitrogen and oxygen atoms in total. The number of benzene rings is 1. The van der Waals surface area contributed by atoms with Crippen LogP contribution in [-0.4, -0.2) is 30.6 Å². The van der Waals surface area contributed by atoms with E-state index in [-0.39, 0.29) is 28.7 Å². The van der Waals surface area contributed by atoms with E-state index in [9.17, 15) is 12.8 Å². The molecule has 0 saturated carbocycles. The fraction of sp³-hybridized carbons (Fsp3) is 0.571. The molecule has 1 saturated heterocycles. The van der Waals surface area contributed by atoms with Crippen molar-refractivity contribution < 1.29 is 12.8 Å². The number of alkyl halides is 2. The fourth-order valence-corrected chi connectivity index (χ4v) is 7.23. The van der Waals surface area contributed by atoms with Crippen molar-refractivity contribution in [2.45, 2.75) is 12.8 Å². The van der Waals surface area contributed by atoms with Crippen molar-refractivity contribution in [2.75, 3.05) is 22.2 Å². The maximum atomic E-state index is 13.2. The van der Waals surface area contributed by atoms with Crippen LogP contribution in [-0.2, 0) is 16.3 Å². The molecule has 1 aromatic rings. The standard InChI is InChI=1S/C14H16Br2ClFO2S/c15-8-14(9-16,11-3-4-21(19,20)7-11)6-10-1-2-12(18)5-13(10)17/h1-2,5,11H,3-4,6-9H2. The van der Waals surface area contributed by atoms with Gasteiger partial charge in [-0.05, 0) is 41.9 Å². The maximum absolute atomic E-state index is 13.2. The Labute approximate surface area is 146 Å². The molecular weight excluding hydrogens is 446 g/mol. The predicted octanol–water partition coefficient (Wildman–Crippen LogP) is 4.23. The third-order valence-electron chi connectivity index (χ3n) is 4.19. The van der Waals surface area contributed by atoms with E-state index >= 15 is 0 Å². The highest BCUT2D eigenvalue weighted by Gasteiger charge is 2.43. The van der Waals surface area contributed by atoms with Crippen molar-refractivity contribution in [3.8, 4) is 0 Å². The molecule has 1 aromatic carbocycles. The third-order valence-corrected chi connectivity index (χ3v) is 8.54. The largest absolute Gasteiger partial charge is 0.229 e. The van der Waals surface area contributed by atoms with Gasteiger partial charge in [-0.2, -0.15) is 0 Å². The first-order valence-corrected chi connectivity index (χ1v) is 11.0. The van der Waals surface area contributed by atoms with Crippen LogP contribution in [0.15, 0.2) is 18.2 Å². The molecule has 118 valence electrons. The van der Waals surface area contributed by atoms with Crippen LogP contribution in [0.4, 0.5) is 4.39 Å². The summed E-state index contributed by atoms with van der Waals surface area (Å²) >= 11 is 13.2. The van der Waals surface area contributed by atoms with Crippen LogP contribution >= 0.6 is 43.5 Å². The Kier molecular flexibility index (Phi) is 5.77. The molecule has 0 bridgehead atoms. The summed E-state index contributed by atoms with van der Waals surface area (Å²) in [5, 5.41) is 1.72. The topological polar surface area (TPSA) is 34.1 Å². The van der Waals surface area contributed by atoms with Crippen LogP contribution in [0, 0.1) is 17.2 Å². The van der Waals surface area contributed by atoms with E-state index in [2.05, 4.69) is 31.9 Å². The molecule has 1 heterocycles. The second kappa shape index (κ2) is 6.85. The van der Waals surface area contributed by atoms with Gasteiger partial charge in [0, 0.05) is 15.7 Å². The molecule has 1 unspecified atom stereocenters. The summed E-state index contributed by atoms with van der Waals surface area (Å²) in [6.07, 6.45) is 1.28. The fourth-order valence-electron chi connectivity index (χ4n) is 2.82. The second-order valence-electron chi connectivity index (χ2n) is 5.64. The Morgan fingerprint density at radius 3 is 2.48 bits per heavy atom. The molecule has 0 aromatic heterocycles. The number of sulfone groups is 1. The molecule has 0 radical (unpaired) electrons. The summed E-state index contributed by atoms with van der Waals surface area (Å²) < 4.78 is 36.7. The minimum atomic E-state index is -2.94. The van der Waals surface area contributed by atoms with Crippen LogP contribution < -0.4 is 0 Å². The molecule has 0 aliphatic carbocycles. The van der Waals surface area contributed by atoms with E-state index in [1.807, 2.05) is 0 Å². The van der Waals surface area contributed by atoms with Gasteiger partial charge in [0.05, 0.1) is 11.5 Å². The highest BCUT2D eigenvalue weighted by Crippen LogP contribution is 2.42. The van der Waals surface area contributed by atoms with E-state index in [0.717, 1.165) is 5.56 Å². The van der Waals surface area contributed by atoms with Crippen molar-refractivity contribution in [3.05, 3.63) is 34.6 Å². The Morgan fingerprint density at radius 2 is 2.00 bits per heavy atom. The van der Waals surface area contributed by atoms with Gasteiger partial charge < -0.3 is 0 Å². The predicted molar refractivity (Wildman–Crippen MR) is 91.9 cm³/mol. The van der Waals surface area contributed by atoms with Crippen LogP contribution in [0.25, 0.3) is 0 Å². The zero-order valence-corrected chi connectivity index (χ0v) is 16.0. The molecule has 7 heteroatoms. The molecule has 2 rings (SSSR count). The lowest BCUT2D eigenvalue weighted by molar-refractivity contribution is 0.253. The summed E-state index contributed by atoms with van der Waals surface area (Å²) in [5.74, 6) is 0.164. The van der Waals surface area contributed by atoms with Gasteiger partial charge in [-0.3, -0.25) is 0 Å². The van der Waals surface area contributed by atoms with E-state index in [0.29, 0.717) is 28.5 Å². The molecule has 0 amide bonds. The molecular formula is C14H16Br2ClFO2S. The Balaban J connectivity index is 2.30. The highest BCUT2D eigenvalue weighted by molar-refractivity contribution is 9.09. The number of hydrogen-bond acceptors (Lipinski definition) is 2. The maximum Gasteiger partial charge on any atom is 0.150 e. The van der Waals surface area contributed by atoms with Crippen molar-refractivity contribution in [2.24, 2.45) is 11.3 Å². The summed E-state index contributed by atoms with van der Waals surface area (Å²) in [6, 6.07) is 4.37. The number of rotatable bonds is 5.